The van der Waals surface area contributed by atoms with E-state index in [4.69, 9.17) is 4.52 Å². The van der Waals surface area contributed by atoms with Crippen LogP contribution in [0.4, 0.5) is 35.2 Å². The van der Waals surface area contributed by atoms with E-state index in [-0.39, 0.29) is 29.5 Å². The molecule has 3 amide bonds. The number of halogens is 3. The molecule has 11 nitrogen and oxygen atoms in total. The van der Waals surface area contributed by atoms with Crippen molar-refractivity contribution in [3.05, 3.63) is 78.1 Å². The van der Waals surface area contributed by atoms with Gasteiger partial charge in [0.05, 0.1) is 5.56 Å². The van der Waals surface area contributed by atoms with Crippen molar-refractivity contribution in [1.29, 1.82) is 0 Å². The second-order valence-corrected chi connectivity index (χ2v) is 6.80. The zero-order valence-electron chi connectivity index (χ0n) is 17.0. The number of carbonyl (C=O) groups excluding carboxylic acids is 2. The highest BCUT2D eigenvalue weighted by atomic mass is 19.4. The fourth-order valence-electron chi connectivity index (χ4n) is 2.80. The van der Waals surface area contributed by atoms with E-state index in [9.17, 15) is 22.8 Å². The van der Waals surface area contributed by atoms with Gasteiger partial charge in [-0.15, -0.1) is 0 Å². The van der Waals surface area contributed by atoms with Crippen molar-refractivity contribution in [2.45, 2.75) is 12.7 Å². The number of nitrogens with zero attached hydrogens (tertiary/aromatic N) is 4. The van der Waals surface area contributed by atoms with E-state index in [1.807, 2.05) is 0 Å². The molecular weight excluding hydrogens is 459 g/mol. The Labute approximate surface area is 188 Å². The summed E-state index contributed by atoms with van der Waals surface area (Å²) in [5.74, 6) is -0.845. The monoisotopic (exact) mass is 474 g/mol. The summed E-state index contributed by atoms with van der Waals surface area (Å²) in [6, 6.07) is 8.26. The van der Waals surface area contributed by atoms with E-state index in [1.54, 1.807) is 24.4 Å². The number of rotatable bonds is 6. The van der Waals surface area contributed by atoms with Gasteiger partial charge in [-0.3, -0.25) is 19.6 Å². The molecule has 0 fully saturated rings. The Morgan fingerprint density at radius 3 is 2.50 bits per heavy atom. The van der Waals surface area contributed by atoms with E-state index < -0.39 is 23.7 Å². The molecule has 4 aromatic rings. The smallest absolute Gasteiger partial charge is 0.364 e. The van der Waals surface area contributed by atoms with E-state index in [0.717, 1.165) is 18.4 Å². The van der Waals surface area contributed by atoms with E-state index >= 15 is 0 Å². The molecule has 0 atom stereocenters. The topological polar surface area (TPSA) is 139 Å². The van der Waals surface area contributed by atoms with Gasteiger partial charge in [0.15, 0.2) is 5.69 Å². The first-order valence-electron chi connectivity index (χ1n) is 9.54. The normalized spacial score (nSPS) is 11.1. The zero-order valence-corrected chi connectivity index (χ0v) is 17.0. The van der Waals surface area contributed by atoms with Crippen LogP contribution in [0.2, 0.25) is 0 Å². The Hall–Kier alpha value is -4.75. The first kappa shape index (κ1) is 22.4. The van der Waals surface area contributed by atoms with Crippen LogP contribution < -0.4 is 20.6 Å². The summed E-state index contributed by atoms with van der Waals surface area (Å²) in [5.41, 5.74) is -0.974. The average Bonchev–Trinajstić information content (AvgIpc) is 3.46. The molecule has 0 radical (unpaired) electrons. The lowest BCUT2D eigenvalue weighted by Crippen LogP contribution is -2.35. The second kappa shape index (κ2) is 9.40. The largest absolute Gasteiger partial charge is 0.416 e. The van der Waals surface area contributed by atoms with Gasteiger partial charge < -0.3 is 15.2 Å². The van der Waals surface area contributed by atoms with Crippen LogP contribution in [0.5, 0.6) is 0 Å². The second-order valence-electron chi connectivity index (χ2n) is 6.80. The number of hydrogen-bond donors (Lipinski definition) is 3. The van der Waals surface area contributed by atoms with Gasteiger partial charge in [-0.1, -0.05) is 11.2 Å². The van der Waals surface area contributed by atoms with E-state index in [2.05, 4.69) is 35.9 Å². The van der Waals surface area contributed by atoms with Crippen molar-refractivity contribution in [2.75, 3.05) is 16.0 Å². The summed E-state index contributed by atoms with van der Waals surface area (Å²) in [4.78, 5) is 28.6. The Balaban J connectivity index is 1.45. The molecule has 0 saturated heterocycles. The highest BCUT2D eigenvalue weighted by Crippen LogP contribution is 2.33. The molecule has 0 bridgehead atoms. The predicted octanol–water partition coefficient (Wildman–Crippen LogP) is 3.31. The molecule has 0 saturated carbocycles. The van der Waals surface area contributed by atoms with Crippen LogP contribution in [0.25, 0.3) is 0 Å². The van der Waals surface area contributed by atoms with Crippen molar-refractivity contribution in [3.63, 3.8) is 0 Å². The van der Waals surface area contributed by atoms with Crippen molar-refractivity contribution >= 4 is 29.2 Å². The maximum Gasteiger partial charge on any atom is 0.416 e. The average molecular weight is 474 g/mol. The first-order chi connectivity index (χ1) is 16.3. The van der Waals surface area contributed by atoms with Gasteiger partial charge in [0.1, 0.15) is 12.0 Å². The van der Waals surface area contributed by atoms with Crippen molar-refractivity contribution in [3.8, 4) is 0 Å². The molecule has 0 aliphatic carbocycles. The minimum atomic E-state index is -4.73. The SMILES string of the molecule is O=C(Nc1cc(NC(=O)c2ccon2)cc(C(F)(F)F)c1)Nc1c[n+](Cc2ccccn2)no1. The summed E-state index contributed by atoms with van der Waals surface area (Å²) in [6.45, 7) is 0.274. The molecule has 174 valence electrons. The molecule has 0 aliphatic heterocycles. The lowest BCUT2D eigenvalue weighted by molar-refractivity contribution is -0.755. The highest BCUT2D eigenvalue weighted by molar-refractivity contribution is 6.04. The summed E-state index contributed by atoms with van der Waals surface area (Å²) < 4.78 is 50.9. The van der Waals surface area contributed by atoms with Crippen LogP contribution in [0.1, 0.15) is 21.7 Å². The van der Waals surface area contributed by atoms with Crippen LogP contribution in [0.15, 0.2) is 70.2 Å². The third-order valence-corrected chi connectivity index (χ3v) is 4.24. The minimum Gasteiger partial charge on any atom is -0.364 e. The number of aromatic nitrogens is 4. The molecule has 3 aromatic heterocycles. The molecular formula is C20H15F3N7O4+. The number of carbonyl (C=O) groups is 2. The zero-order chi connectivity index (χ0) is 24.1. The van der Waals surface area contributed by atoms with Crippen molar-refractivity contribution < 1.29 is 36.5 Å². The number of anilines is 3. The molecule has 3 heterocycles. The van der Waals surface area contributed by atoms with Crippen LogP contribution in [-0.2, 0) is 12.7 Å². The standard InChI is InChI=1S/C20H14F3N7O4/c21-20(22,23)12-7-14(25-18(31)16-4-6-33-28-16)9-15(8-12)26-19(32)27-17-11-30(29-34-17)10-13-3-1-2-5-24-13/h1-9,11H,10H2,(H2-,25,26,27,29,31,32)/p+1. The fraction of sp³-hybridized carbons (Fsp3) is 0.100. The Kier molecular flexibility index (Phi) is 6.20. The van der Waals surface area contributed by atoms with Gasteiger partial charge in [-0.25, -0.2) is 4.79 Å². The van der Waals surface area contributed by atoms with Gasteiger partial charge in [0, 0.05) is 23.6 Å². The van der Waals surface area contributed by atoms with Gasteiger partial charge in [-0.05, 0) is 35.0 Å². The molecule has 0 spiro atoms. The Bertz CT molecular complexity index is 1290. The highest BCUT2D eigenvalue weighted by Gasteiger charge is 2.31. The van der Waals surface area contributed by atoms with Gasteiger partial charge >= 0.3 is 18.1 Å². The number of hydrogen-bond acceptors (Lipinski definition) is 7. The summed E-state index contributed by atoms with van der Waals surface area (Å²) >= 11 is 0. The molecule has 34 heavy (non-hydrogen) atoms. The maximum absolute atomic E-state index is 13.3. The van der Waals surface area contributed by atoms with Crippen LogP contribution in [0.3, 0.4) is 0 Å². The number of alkyl halides is 3. The first-order valence-corrected chi connectivity index (χ1v) is 9.54. The van der Waals surface area contributed by atoms with Gasteiger partial charge in [-0.2, -0.15) is 13.2 Å². The lowest BCUT2D eigenvalue weighted by Gasteiger charge is -2.13. The van der Waals surface area contributed by atoms with Crippen molar-refractivity contribution in [1.82, 2.24) is 15.4 Å². The molecule has 4 rings (SSSR count). The number of urea groups is 1. The maximum atomic E-state index is 13.3. The molecule has 14 heteroatoms. The van der Waals surface area contributed by atoms with Crippen LogP contribution in [0, 0.1) is 0 Å². The third kappa shape index (κ3) is 5.73. The van der Waals surface area contributed by atoms with E-state index in [1.165, 1.54) is 16.9 Å². The predicted molar refractivity (Wildman–Crippen MR) is 109 cm³/mol. The number of benzene rings is 1. The minimum absolute atomic E-state index is 0.0556. The van der Waals surface area contributed by atoms with Gasteiger partial charge in [0.25, 0.3) is 12.1 Å². The number of amides is 3. The van der Waals surface area contributed by atoms with Crippen LogP contribution >= 0.6 is 0 Å². The molecule has 0 unspecified atom stereocenters. The van der Waals surface area contributed by atoms with E-state index in [0.29, 0.717) is 11.8 Å². The fourth-order valence-corrected chi connectivity index (χ4v) is 2.80. The number of nitrogens with one attached hydrogen (secondary N) is 3. The molecule has 3 N–H and O–H groups in total. The Morgan fingerprint density at radius 2 is 1.82 bits per heavy atom. The summed E-state index contributed by atoms with van der Waals surface area (Å²) in [6.07, 6.45) is -0.602. The van der Waals surface area contributed by atoms with Crippen molar-refractivity contribution in [2.24, 2.45) is 0 Å². The Morgan fingerprint density at radius 1 is 1.03 bits per heavy atom. The summed E-state index contributed by atoms with van der Waals surface area (Å²) in [5, 5.41) is 14.0. The third-order valence-electron chi connectivity index (χ3n) is 4.24. The van der Waals surface area contributed by atoms with Gasteiger partial charge in [0.2, 0.25) is 11.8 Å². The van der Waals surface area contributed by atoms with Crippen LogP contribution in [-0.4, -0.2) is 27.4 Å². The molecule has 0 aliphatic rings. The number of pyridine rings is 1. The quantitative estimate of drug-likeness (QED) is 0.364. The lowest BCUT2D eigenvalue weighted by atomic mass is 10.1. The molecule has 1 aromatic carbocycles. The summed E-state index contributed by atoms with van der Waals surface area (Å²) in [7, 11) is 0.